The van der Waals surface area contributed by atoms with Crippen molar-refractivity contribution in [3.63, 3.8) is 0 Å². The van der Waals surface area contributed by atoms with Crippen molar-refractivity contribution in [1.82, 2.24) is 14.5 Å². The maximum absolute atomic E-state index is 13.2. The molecule has 0 fully saturated rings. The average molecular weight is 429 g/mol. The summed E-state index contributed by atoms with van der Waals surface area (Å²) < 4.78 is 1.99. The van der Waals surface area contributed by atoms with Gasteiger partial charge in [0.1, 0.15) is 6.54 Å². The third-order valence-electron chi connectivity index (χ3n) is 5.14. The Morgan fingerprint density at radius 1 is 1.20 bits per heavy atom. The first-order valence-corrected chi connectivity index (χ1v) is 10.4. The van der Waals surface area contributed by atoms with Gasteiger partial charge in [-0.1, -0.05) is 44.5 Å². The van der Waals surface area contributed by atoms with Crippen LogP contribution >= 0.6 is 11.6 Å². The lowest BCUT2D eigenvalue weighted by molar-refractivity contribution is -0.141. The molecule has 0 spiro atoms. The molecule has 6 nitrogen and oxygen atoms in total. The molecule has 0 N–H and O–H groups in total. The van der Waals surface area contributed by atoms with E-state index in [9.17, 15) is 9.59 Å². The lowest BCUT2D eigenvalue weighted by Crippen LogP contribution is -2.40. The fraction of sp³-hybridized carbons (Fsp3) is 0.435. The van der Waals surface area contributed by atoms with E-state index in [1.807, 2.05) is 75.0 Å². The molecule has 2 heterocycles. The van der Waals surface area contributed by atoms with Crippen molar-refractivity contribution < 1.29 is 9.59 Å². The first-order chi connectivity index (χ1) is 14.0. The first-order valence-electron chi connectivity index (χ1n) is 10.1. The third-order valence-corrected chi connectivity index (χ3v) is 5.39. The van der Waals surface area contributed by atoms with Crippen molar-refractivity contribution in [2.45, 2.75) is 39.7 Å². The quantitative estimate of drug-likeness (QED) is 0.714. The number of carbonyl (C=O) groups excluding carboxylic acids is 2. The second-order valence-corrected chi connectivity index (χ2v) is 9.48. The lowest BCUT2D eigenvalue weighted by atomic mass is 9.92. The zero-order chi connectivity index (χ0) is 22.1. The molecule has 2 aromatic rings. The molecule has 7 heteroatoms. The number of hydrazone groups is 1. The number of halogens is 1. The Bertz CT molecular complexity index is 956. The molecule has 0 aliphatic carbocycles. The number of nitrogens with zero attached hydrogens (tertiary/aromatic N) is 4. The van der Waals surface area contributed by atoms with E-state index in [2.05, 4.69) is 5.10 Å². The predicted octanol–water partition coefficient (Wildman–Crippen LogP) is 4.25. The summed E-state index contributed by atoms with van der Waals surface area (Å²) in [5, 5.41) is 6.83. The van der Waals surface area contributed by atoms with Gasteiger partial charge in [-0.2, -0.15) is 5.10 Å². The molecule has 3 rings (SSSR count). The van der Waals surface area contributed by atoms with Crippen molar-refractivity contribution in [2.24, 2.45) is 17.6 Å². The number of hydrogen-bond acceptors (Lipinski definition) is 3. The van der Waals surface area contributed by atoms with Gasteiger partial charge in [-0.15, -0.1) is 0 Å². The topological polar surface area (TPSA) is 57.9 Å². The highest BCUT2D eigenvalue weighted by atomic mass is 35.5. The van der Waals surface area contributed by atoms with Crippen molar-refractivity contribution in [2.75, 3.05) is 13.6 Å². The van der Waals surface area contributed by atoms with Gasteiger partial charge in [0.25, 0.3) is 5.91 Å². The summed E-state index contributed by atoms with van der Waals surface area (Å²) in [4.78, 5) is 27.2. The van der Waals surface area contributed by atoms with Gasteiger partial charge in [-0.25, -0.2) is 5.01 Å². The number of carbonyl (C=O) groups is 2. The van der Waals surface area contributed by atoms with Crippen LogP contribution in [-0.4, -0.2) is 45.6 Å². The van der Waals surface area contributed by atoms with Gasteiger partial charge in [0.2, 0.25) is 5.91 Å². The molecule has 1 aromatic carbocycles. The Morgan fingerprint density at radius 3 is 2.43 bits per heavy atom. The van der Waals surface area contributed by atoms with Gasteiger partial charge in [0.15, 0.2) is 0 Å². The number of likely N-dealkylation sites (N-methyl/N-ethyl adjacent to an activating group) is 1. The summed E-state index contributed by atoms with van der Waals surface area (Å²) in [6.45, 7) is 6.01. The zero-order valence-corrected chi connectivity index (χ0v) is 19.0. The molecule has 0 radical (unpaired) electrons. The molecule has 1 unspecified atom stereocenters. The fourth-order valence-corrected chi connectivity index (χ4v) is 3.68. The van der Waals surface area contributed by atoms with Crippen molar-refractivity contribution in [1.29, 1.82) is 0 Å². The molecule has 2 amide bonds. The van der Waals surface area contributed by atoms with Gasteiger partial charge in [0, 0.05) is 38.2 Å². The molecular formula is C23H29ClN4O2. The van der Waals surface area contributed by atoms with Gasteiger partial charge < -0.3 is 9.47 Å². The Hall–Kier alpha value is -2.60. The summed E-state index contributed by atoms with van der Waals surface area (Å²) in [5.41, 5.74) is 2.65. The molecule has 1 atom stereocenters. The largest absolute Gasteiger partial charge is 0.350 e. The predicted molar refractivity (Wildman–Crippen MR) is 119 cm³/mol. The highest BCUT2D eigenvalue weighted by Crippen LogP contribution is 2.33. The maximum Gasteiger partial charge on any atom is 0.262 e. The van der Waals surface area contributed by atoms with Crippen LogP contribution in [0.4, 0.5) is 0 Å². The van der Waals surface area contributed by atoms with Crippen LogP contribution in [0.15, 0.2) is 47.7 Å². The third kappa shape index (κ3) is 5.11. The number of aromatic nitrogens is 1. The molecule has 0 saturated heterocycles. The Kier molecular flexibility index (Phi) is 6.36. The van der Waals surface area contributed by atoms with Gasteiger partial charge in [0.05, 0.1) is 17.4 Å². The Balaban J connectivity index is 1.84. The van der Waals surface area contributed by atoms with Crippen LogP contribution in [0.5, 0.6) is 0 Å². The minimum absolute atomic E-state index is 0.0110. The molecule has 0 saturated carbocycles. The fourth-order valence-electron chi connectivity index (χ4n) is 3.55. The average Bonchev–Trinajstić information content (AvgIpc) is 3.27. The number of benzene rings is 1. The van der Waals surface area contributed by atoms with E-state index in [1.165, 1.54) is 9.91 Å². The summed E-state index contributed by atoms with van der Waals surface area (Å²) in [6.07, 6.45) is 2.94. The van der Waals surface area contributed by atoms with E-state index in [0.29, 0.717) is 17.9 Å². The van der Waals surface area contributed by atoms with Crippen molar-refractivity contribution in [3.05, 3.63) is 58.9 Å². The smallest absolute Gasteiger partial charge is 0.262 e. The van der Waals surface area contributed by atoms with Crippen LogP contribution in [0.2, 0.25) is 5.02 Å². The van der Waals surface area contributed by atoms with Crippen LogP contribution < -0.4 is 0 Å². The number of rotatable bonds is 5. The van der Waals surface area contributed by atoms with Crippen molar-refractivity contribution >= 4 is 29.1 Å². The van der Waals surface area contributed by atoms with E-state index >= 15 is 0 Å². The molecule has 1 aliphatic heterocycles. The highest BCUT2D eigenvalue weighted by Gasteiger charge is 2.34. The molecular weight excluding hydrogens is 400 g/mol. The molecule has 1 aromatic heterocycles. The van der Waals surface area contributed by atoms with Gasteiger partial charge in [-0.05, 0) is 35.2 Å². The number of amides is 2. The van der Waals surface area contributed by atoms with Gasteiger partial charge in [-0.3, -0.25) is 9.59 Å². The second-order valence-electron chi connectivity index (χ2n) is 9.05. The van der Waals surface area contributed by atoms with Gasteiger partial charge >= 0.3 is 0 Å². The standard InChI is InChI=1S/C23H29ClN4O2/c1-23(2,3)14-21(29)27(5)15-22(30)28-20(16-8-10-17(24)11-9-16)13-18(25-28)19-7-6-12-26(19)4/h6-12,20H,13-15H2,1-5H3. The monoisotopic (exact) mass is 428 g/mol. The van der Waals surface area contributed by atoms with E-state index in [4.69, 9.17) is 11.6 Å². The van der Waals surface area contributed by atoms with Crippen LogP contribution in [0, 0.1) is 5.41 Å². The molecule has 1 aliphatic rings. The minimum atomic E-state index is -0.231. The minimum Gasteiger partial charge on any atom is -0.350 e. The summed E-state index contributed by atoms with van der Waals surface area (Å²) >= 11 is 6.05. The number of hydrogen-bond donors (Lipinski definition) is 0. The summed E-state index contributed by atoms with van der Waals surface area (Å²) in [6, 6.07) is 11.2. The second kappa shape index (κ2) is 8.64. The number of aryl methyl sites for hydroxylation is 1. The van der Waals surface area contributed by atoms with Crippen LogP contribution in [0.1, 0.15) is 50.9 Å². The lowest BCUT2D eigenvalue weighted by Gasteiger charge is -2.26. The van der Waals surface area contributed by atoms with E-state index in [1.54, 1.807) is 7.05 Å². The normalized spacial score (nSPS) is 16.5. The summed E-state index contributed by atoms with van der Waals surface area (Å²) in [5.74, 6) is -0.256. The van der Waals surface area contributed by atoms with Crippen LogP contribution in [-0.2, 0) is 16.6 Å². The maximum atomic E-state index is 13.2. The van der Waals surface area contributed by atoms with E-state index < -0.39 is 0 Å². The molecule has 30 heavy (non-hydrogen) atoms. The summed E-state index contributed by atoms with van der Waals surface area (Å²) in [7, 11) is 3.62. The first kappa shape index (κ1) is 22.1. The van der Waals surface area contributed by atoms with Crippen LogP contribution in [0.25, 0.3) is 0 Å². The SMILES string of the molecule is CN(CC(=O)N1N=C(c2cccn2C)CC1c1ccc(Cl)cc1)C(=O)CC(C)(C)C. The van der Waals surface area contributed by atoms with E-state index in [-0.39, 0.29) is 29.8 Å². The Morgan fingerprint density at radius 2 is 1.87 bits per heavy atom. The van der Waals surface area contributed by atoms with Crippen LogP contribution in [0.3, 0.4) is 0 Å². The molecule has 160 valence electrons. The molecule has 0 bridgehead atoms. The van der Waals surface area contributed by atoms with Crippen molar-refractivity contribution in [3.8, 4) is 0 Å². The Labute approximate surface area is 183 Å². The highest BCUT2D eigenvalue weighted by molar-refractivity contribution is 6.30. The zero-order valence-electron chi connectivity index (χ0n) is 18.2. The van der Waals surface area contributed by atoms with E-state index in [0.717, 1.165) is 17.0 Å².